The van der Waals surface area contributed by atoms with Crippen molar-refractivity contribution in [2.75, 3.05) is 5.73 Å². The maximum atomic E-state index is 10.5. The lowest BCUT2D eigenvalue weighted by Gasteiger charge is -2.10. The number of aryl methyl sites for hydroxylation is 2. The minimum Gasteiger partial charge on any atom is -0.395 e. The van der Waals surface area contributed by atoms with Gasteiger partial charge in [0.1, 0.15) is 0 Å². The molecule has 0 amide bonds. The van der Waals surface area contributed by atoms with Gasteiger partial charge in [0, 0.05) is 0 Å². The van der Waals surface area contributed by atoms with Crippen LogP contribution in [0.25, 0.3) is 0 Å². The van der Waals surface area contributed by atoms with Crippen LogP contribution in [0.2, 0.25) is 0 Å². The Kier molecular flexibility index (Phi) is 2.68. The van der Waals surface area contributed by atoms with Crippen LogP contribution in [0, 0.1) is 13.8 Å². The summed E-state index contributed by atoms with van der Waals surface area (Å²) in [6.45, 7) is 3.35. The van der Waals surface area contributed by atoms with Crippen LogP contribution in [0.1, 0.15) is 11.1 Å². The number of nitrogen functional groups attached to an aromatic ring is 1. The van der Waals surface area contributed by atoms with Crippen LogP contribution >= 0.6 is 0 Å². The molecule has 0 saturated heterocycles. The van der Waals surface area contributed by atoms with Gasteiger partial charge in [0.2, 0.25) is 0 Å². The molecule has 1 aromatic rings. The Labute approximate surface area is 82.5 Å². The van der Waals surface area contributed by atoms with E-state index in [1.54, 1.807) is 26.0 Å². The van der Waals surface area contributed by atoms with E-state index in [1.807, 2.05) is 0 Å². The van der Waals surface area contributed by atoms with Crippen LogP contribution in [0.3, 0.4) is 0 Å². The molecule has 0 aromatic heterocycles. The van der Waals surface area contributed by atoms with Crippen LogP contribution in [-0.4, -0.2) is 13.0 Å². The highest BCUT2D eigenvalue weighted by Gasteiger charge is 2.13. The number of rotatable bonds is 2. The number of nitrogens with two attached hydrogens (primary N) is 1. The summed E-state index contributed by atoms with van der Waals surface area (Å²) in [5.74, 6) is -0.0208. The first-order valence-electron chi connectivity index (χ1n) is 3.84. The predicted molar refractivity (Wildman–Crippen MR) is 52.5 cm³/mol. The molecular weight excluding hydrogens is 206 g/mol. The summed E-state index contributed by atoms with van der Waals surface area (Å²) >= 11 is 0. The first kappa shape index (κ1) is 10.8. The maximum absolute atomic E-state index is 10.5. The van der Waals surface area contributed by atoms with Gasteiger partial charge in [-0.2, -0.15) is 8.42 Å². The Morgan fingerprint density at radius 1 is 1.29 bits per heavy atom. The molecule has 0 aliphatic rings. The van der Waals surface area contributed by atoms with Crippen molar-refractivity contribution in [3.63, 3.8) is 0 Å². The second-order valence-corrected chi connectivity index (χ2v) is 3.98. The quantitative estimate of drug-likeness (QED) is 0.571. The summed E-state index contributed by atoms with van der Waals surface area (Å²) < 4.78 is 33.8. The van der Waals surface area contributed by atoms with E-state index in [4.69, 9.17) is 10.3 Å². The third kappa shape index (κ3) is 2.36. The van der Waals surface area contributed by atoms with Gasteiger partial charge in [-0.25, -0.2) is 0 Å². The molecule has 1 aromatic carbocycles. The van der Waals surface area contributed by atoms with Crippen LogP contribution < -0.4 is 9.92 Å². The average Bonchev–Trinajstić information content (AvgIpc) is 2.04. The molecule has 0 radical (unpaired) electrons. The molecular formula is C8H11NO4S. The van der Waals surface area contributed by atoms with Crippen molar-refractivity contribution in [2.45, 2.75) is 13.8 Å². The summed E-state index contributed by atoms with van der Waals surface area (Å²) in [7, 11) is -4.52. The largest absolute Gasteiger partial charge is 0.446 e. The summed E-state index contributed by atoms with van der Waals surface area (Å²) in [6, 6.07) is 3.40. The molecule has 0 saturated carbocycles. The first-order chi connectivity index (χ1) is 6.31. The highest BCUT2D eigenvalue weighted by Crippen LogP contribution is 2.29. The Morgan fingerprint density at radius 2 is 1.79 bits per heavy atom. The molecule has 0 atom stereocenters. The van der Waals surface area contributed by atoms with Crippen molar-refractivity contribution in [3.05, 3.63) is 23.3 Å². The van der Waals surface area contributed by atoms with Gasteiger partial charge in [-0.3, -0.25) is 4.55 Å². The van der Waals surface area contributed by atoms with Gasteiger partial charge in [0.05, 0.1) is 5.69 Å². The fourth-order valence-electron chi connectivity index (χ4n) is 1.02. The van der Waals surface area contributed by atoms with E-state index in [0.717, 1.165) is 0 Å². The lowest BCUT2D eigenvalue weighted by Crippen LogP contribution is -2.10. The Bertz CT molecular complexity index is 453. The molecule has 0 bridgehead atoms. The topological polar surface area (TPSA) is 89.6 Å². The van der Waals surface area contributed by atoms with Crippen molar-refractivity contribution >= 4 is 16.1 Å². The molecule has 0 heterocycles. The van der Waals surface area contributed by atoms with E-state index < -0.39 is 10.4 Å². The van der Waals surface area contributed by atoms with Gasteiger partial charge in [-0.15, -0.1) is 0 Å². The normalized spacial score (nSPS) is 11.4. The van der Waals surface area contributed by atoms with E-state index in [2.05, 4.69) is 4.18 Å². The van der Waals surface area contributed by atoms with Crippen LogP contribution in [0.5, 0.6) is 5.75 Å². The van der Waals surface area contributed by atoms with E-state index in [-0.39, 0.29) is 11.4 Å². The van der Waals surface area contributed by atoms with E-state index in [9.17, 15) is 8.42 Å². The zero-order chi connectivity index (χ0) is 10.9. The van der Waals surface area contributed by atoms with Gasteiger partial charge in [-0.05, 0) is 25.0 Å². The first-order valence-corrected chi connectivity index (χ1v) is 5.20. The summed E-state index contributed by atoms with van der Waals surface area (Å²) in [6.07, 6.45) is 0. The minimum absolute atomic E-state index is 0.0208. The van der Waals surface area contributed by atoms with Gasteiger partial charge < -0.3 is 9.92 Å². The number of anilines is 1. The van der Waals surface area contributed by atoms with E-state index in [1.165, 1.54) is 0 Å². The second-order valence-electron chi connectivity index (χ2n) is 2.95. The maximum Gasteiger partial charge on any atom is 0.446 e. The highest BCUT2D eigenvalue weighted by atomic mass is 32.3. The van der Waals surface area contributed by atoms with Gasteiger partial charge in [-0.1, -0.05) is 12.1 Å². The molecule has 0 unspecified atom stereocenters. The monoisotopic (exact) mass is 217 g/mol. The Balaban J connectivity index is 3.27. The zero-order valence-electron chi connectivity index (χ0n) is 7.81. The summed E-state index contributed by atoms with van der Waals surface area (Å²) in [5, 5.41) is 0. The van der Waals surface area contributed by atoms with Crippen molar-refractivity contribution in [2.24, 2.45) is 0 Å². The van der Waals surface area contributed by atoms with Crippen molar-refractivity contribution in [3.8, 4) is 5.75 Å². The van der Waals surface area contributed by atoms with Crippen LogP contribution in [0.4, 0.5) is 5.69 Å². The average molecular weight is 217 g/mol. The highest BCUT2D eigenvalue weighted by molar-refractivity contribution is 7.81. The molecule has 14 heavy (non-hydrogen) atoms. The summed E-state index contributed by atoms with van der Waals surface area (Å²) in [5.41, 5.74) is 7.04. The van der Waals surface area contributed by atoms with Gasteiger partial charge in [0.25, 0.3) is 0 Å². The smallest absolute Gasteiger partial charge is 0.395 e. The molecule has 0 fully saturated rings. The van der Waals surface area contributed by atoms with Crippen molar-refractivity contribution in [1.82, 2.24) is 0 Å². The van der Waals surface area contributed by atoms with Crippen molar-refractivity contribution in [1.29, 1.82) is 0 Å². The van der Waals surface area contributed by atoms with E-state index >= 15 is 0 Å². The molecule has 5 nitrogen and oxygen atoms in total. The molecule has 0 aliphatic carbocycles. The molecule has 0 aliphatic heterocycles. The standard InChI is InChI=1S/C8H11NO4S/c1-5-3-4-6(2)8(7(5)9)13-14(10,11)12/h3-4H,9H2,1-2H3,(H,10,11,12). The third-order valence-electron chi connectivity index (χ3n) is 1.80. The SMILES string of the molecule is Cc1ccc(C)c(OS(=O)(=O)O)c1N. The predicted octanol–water partition coefficient (Wildman–Crippen LogP) is 1.07. The number of benzene rings is 1. The molecule has 1 rings (SSSR count). The van der Waals surface area contributed by atoms with Crippen molar-refractivity contribution < 1.29 is 17.2 Å². The molecule has 78 valence electrons. The molecule has 3 N–H and O–H groups in total. The zero-order valence-corrected chi connectivity index (χ0v) is 8.63. The van der Waals surface area contributed by atoms with Gasteiger partial charge >= 0.3 is 10.4 Å². The fraction of sp³-hybridized carbons (Fsp3) is 0.250. The summed E-state index contributed by atoms with van der Waals surface area (Å²) in [4.78, 5) is 0. The number of hydrogen-bond acceptors (Lipinski definition) is 4. The molecule has 0 spiro atoms. The lowest BCUT2D eigenvalue weighted by molar-refractivity contribution is 0.386. The molecule has 6 heteroatoms. The number of hydrogen-bond donors (Lipinski definition) is 2. The van der Waals surface area contributed by atoms with Crippen LogP contribution in [-0.2, 0) is 10.4 Å². The van der Waals surface area contributed by atoms with E-state index in [0.29, 0.717) is 11.1 Å². The Hall–Kier alpha value is -1.27. The minimum atomic E-state index is -4.52. The lowest BCUT2D eigenvalue weighted by atomic mass is 10.1. The van der Waals surface area contributed by atoms with Crippen LogP contribution in [0.15, 0.2) is 12.1 Å². The fourth-order valence-corrected chi connectivity index (χ4v) is 1.45. The Morgan fingerprint density at radius 3 is 2.29 bits per heavy atom. The third-order valence-corrected chi connectivity index (χ3v) is 2.18. The van der Waals surface area contributed by atoms with Gasteiger partial charge in [0.15, 0.2) is 5.75 Å². The second kappa shape index (κ2) is 3.47.